The van der Waals surface area contributed by atoms with Crippen molar-refractivity contribution in [1.29, 1.82) is 0 Å². The predicted molar refractivity (Wildman–Crippen MR) is 67.4 cm³/mol. The second kappa shape index (κ2) is 5.59. The van der Waals surface area contributed by atoms with E-state index in [0.717, 1.165) is 38.6 Å². The van der Waals surface area contributed by atoms with Crippen LogP contribution in [0.3, 0.4) is 0 Å². The molecule has 2 unspecified atom stereocenters. The summed E-state index contributed by atoms with van der Waals surface area (Å²) in [7, 11) is 0. The second-order valence-corrected chi connectivity index (χ2v) is 5.36. The Bertz CT molecular complexity index is 332. The largest absolute Gasteiger partial charge is 0.480 e. The molecule has 0 spiro atoms. The van der Waals surface area contributed by atoms with Crippen molar-refractivity contribution in [3.63, 3.8) is 0 Å². The molecule has 0 aromatic carbocycles. The van der Waals surface area contributed by atoms with Gasteiger partial charge in [-0.15, -0.1) is 0 Å². The molecule has 0 aliphatic carbocycles. The third-order valence-electron chi connectivity index (χ3n) is 4.08. The molecule has 2 rings (SSSR count). The van der Waals surface area contributed by atoms with Gasteiger partial charge in [0.25, 0.3) is 0 Å². The number of urea groups is 1. The van der Waals surface area contributed by atoms with Crippen LogP contribution in [-0.4, -0.2) is 52.1 Å². The Labute approximate surface area is 108 Å². The Balaban J connectivity index is 2.07. The highest BCUT2D eigenvalue weighted by Gasteiger charge is 2.37. The number of hydrogen-bond donors (Lipinski definition) is 1. The van der Waals surface area contributed by atoms with Gasteiger partial charge >= 0.3 is 12.0 Å². The molecule has 1 N–H and O–H groups in total. The van der Waals surface area contributed by atoms with E-state index in [0.29, 0.717) is 13.0 Å². The minimum absolute atomic E-state index is 0.0747. The molecule has 2 fully saturated rings. The molecule has 2 saturated heterocycles. The average molecular weight is 254 g/mol. The number of carbonyl (C=O) groups excluding carboxylic acids is 1. The van der Waals surface area contributed by atoms with Gasteiger partial charge in [-0.1, -0.05) is 12.8 Å². The second-order valence-electron chi connectivity index (χ2n) is 5.36. The quantitative estimate of drug-likeness (QED) is 0.777. The maximum atomic E-state index is 12.5. The van der Waals surface area contributed by atoms with Gasteiger partial charge in [-0.25, -0.2) is 9.59 Å². The fraction of sp³-hybridized carbons (Fsp3) is 0.846. The number of amides is 2. The Morgan fingerprint density at radius 1 is 1.00 bits per heavy atom. The van der Waals surface area contributed by atoms with Crippen molar-refractivity contribution in [1.82, 2.24) is 9.80 Å². The summed E-state index contributed by atoms with van der Waals surface area (Å²) in [6.45, 7) is 3.41. The molecule has 0 aromatic heterocycles. The van der Waals surface area contributed by atoms with E-state index in [1.54, 1.807) is 4.90 Å². The summed E-state index contributed by atoms with van der Waals surface area (Å²) in [5.41, 5.74) is 0. The van der Waals surface area contributed by atoms with E-state index in [-0.39, 0.29) is 12.1 Å². The first-order valence-electron chi connectivity index (χ1n) is 6.91. The van der Waals surface area contributed by atoms with Crippen molar-refractivity contribution in [3.05, 3.63) is 0 Å². The van der Waals surface area contributed by atoms with Gasteiger partial charge in [-0.05, 0) is 32.6 Å². The number of carboxylic acids is 1. The minimum Gasteiger partial charge on any atom is -0.480 e. The smallest absolute Gasteiger partial charge is 0.326 e. The first kappa shape index (κ1) is 13.2. The molecule has 2 aliphatic heterocycles. The Morgan fingerprint density at radius 2 is 1.72 bits per heavy atom. The number of aliphatic carboxylic acids is 1. The summed E-state index contributed by atoms with van der Waals surface area (Å²) in [5, 5.41) is 9.14. The highest BCUT2D eigenvalue weighted by molar-refractivity contribution is 5.83. The maximum absolute atomic E-state index is 12.5. The van der Waals surface area contributed by atoms with Crippen LogP contribution >= 0.6 is 0 Å². The molecule has 0 bridgehead atoms. The standard InChI is InChI=1S/C13H22N2O3/c1-10-6-3-2-4-8-14(10)13(18)15-9-5-7-11(15)12(16)17/h10-11H,2-9H2,1H3,(H,16,17). The van der Waals surface area contributed by atoms with Gasteiger partial charge < -0.3 is 14.9 Å². The molecule has 0 aromatic rings. The van der Waals surface area contributed by atoms with Crippen LogP contribution in [0.15, 0.2) is 0 Å². The Morgan fingerprint density at radius 3 is 2.44 bits per heavy atom. The molecule has 2 aliphatic rings. The first-order valence-corrected chi connectivity index (χ1v) is 6.91. The summed E-state index contributed by atoms with van der Waals surface area (Å²) in [4.78, 5) is 27.0. The van der Waals surface area contributed by atoms with Crippen molar-refractivity contribution in [3.8, 4) is 0 Å². The number of rotatable bonds is 1. The fourth-order valence-electron chi connectivity index (χ4n) is 2.98. The zero-order valence-electron chi connectivity index (χ0n) is 11.0. The van der Waals surface area contributed by atoms with Gasteiger partial charge in [-0.2, -0.15) is 0 Å². The molecular weight excluding hydrogens is 232 g/mol. The van der Waals surface area contributed by atoms with E-state index in [1.807, 2.05) is 4.90 Å². The third kappa shape index (κ3) is 2.60. The lowest BCUT2D eigenvalue weighted by atomic mass is 10.1. The van der Waals surface area contributed by atoms with Crippen molar-refractivity contribution >= 4 is 12.0 Å². The molecule has 0 saturated carbocycles. The molecule has 18 heavy (non-hydrogen) atoms. The molecule has 2 amide bonds. The van der Waals surface area contributed by atoms with Gasteiger partial charge in [0.15, 0.2) is 0 Å². The van der Waals surface area contributed by atoms with Crippen LogP contribution in [0.4, 0.5) is 4.79 Å². The van der Waals surface area contributed by atoms with E-state index in [4.69, 9.17) is 5.11 Å². The number of nitrogens with zero attached hydrogens (tertiary/aromatic N) is 2. The topological polar surface area (TPSA) is 60.9 Å². The van der Waals surface area contributed by atoms with Gasteiger partial charge in [0, 0.05) is 19.1 Å². The van der Waals surface area contributed by atoms with Crippen molar-refractivity contribution in [2.75, 3.05) is 13.1 Å². The molecular formula is C13H22N2O3. The van der Waals surface area contributed by atoms with Crippen LogP contribution in [0.5, 0.6) is 0 Å². The SMILES string of the molecule is CC1CCCCCN1C(=O)N1CCCC1C(=O)O. The third-order valence-corrected chi connectivity index (χ3v) is 4.08. The summed E-state index contributed by atoms with van der Waals surface area (Å²) in [5.74, 6) is -0.872. The lowest BCUT2D eigenvalue weighted by molar-refractivity contribution is -0.141. The van der Waals surface area contributed by atoms with Crippen molar-refractivity contribution < 1.29 is 14.7 Å². The van der Waals surface area contributed by atoms with E-state index < -0.39 is 12.0 Å². The molecule has 0 radical (unpaired) electrons. The minimum atomic E-state index is -0.872. The van der Waals surface area contributed by atoms with Gasteiger partial charge in [0.2, 0.25) is 0 Å². The Kier molecular flexibility index (Phi) is 4.09. The van der Waals surface area contributed by atoms with Crippen molar-refractivity contribution in [2.45, 2.75) is 57.5 Å². The van der Waals surface area contributed by atoms with Crippen LogP contribution in [0, 0.1) is 0 Å². The molecule has 2 heterocycles. The van der Waals surface area contributed by atoms with Crippen LogP contribution in [0.25, 0.3) is 0 Å². The zero-order chi connectivity index (χ0) is 13.1. The summed E-state index contributed by atoms with van der Waals surface area (Å²) in [6.07, 6.45) is 5.76. The zero-order valence-corrected chi connectivity index (χ0v) is 11.0. The number of likely N-dealkylation sites (tertiary alicyclic amines) is 2. The van der Waals surface area contributed by atoms with E-state index in [9.17, 15) is 9.59 Å². The van der Waals surface area contributed by atoms with Gasteiger partial charge in [0.1, 0.15) is 6.04 Å². The lowest BCUT2D eigenvalue weighted by Crippen LogP contribution is -2.50. The lowest BCUT2D eigenvalue weighted by Gasteiger charge is -2.33. The summed E-state index contributed by atoms with van der Waals surface area (Å²) >= 11 is 0. The molecule has 5 nitrogen and oxygen atoms in total. The maximum Gasteiger partial charge on any atom is 0.326 e. The van der Waals surface area contributed by atoms with Crippen LogP contribution in [0.2, 0.25) is 0 Å². The normalized spacial score (nSPS) is 29.2. The van der Waals surface area contributed by atoms with Crippen LogP contribution in [0.1, 0.15) is 45.4 Å². The van der Waals surface area contributed by atoms with Crippen LogP contribution < -0.4 is 0 Å². The molecule has 5 heteroatoms. The fourth-order valence-corrected chi connectivity index (χ4v) is 2.98. The van der Waals surface area contributed by atoms with Gasteiger partial charge in [-0.3, -0.25) is 0 Å². The highest BCUT2D eigenvalue weighted by atomic mass is 16.4. The molecule has 2 atom stereocenters. The van der Waals surface area contributed by atoms with E-state index in [2.05, 4.69) is 6.92 Å². The van der Waals surface area contributed by atoms with Crippen LogP contribution in [-0.2, 0) is 4.79 Å². The van der Waals surface area contributed by atoms with E-state index >= 15 is 0 Å². The van der Waals surface area contributed by atoms with Crippen molar-refractivity contribution in [2.24, 2.45) is 0 Å². The predicted octanol–water partition coefficient (Wildman–Crippen LogP) is 1.92. The monoisotopic (exact) mass is 254 g/mol. The number of hydrogen-bond acceptors (Lipinski definition) is 2. The first-order chi connectivity index (χ1) is 8.61. The molecule has 102 valence electrons. The summed E-state index contributed by atoms with van der Waals surface area (Å²) < 4.78 is 0. The summed E-state index contributed by atoms with van der Waals surface area (Å²) in [6, 6.07) is -0.461. The van der Waals surface area contributed by atoms with E-state index in [1.165, 1.54) is 0 Å². The van der Waals surface area contributed by atoms with Gasteiger partial charge in [0.05, 0.1) is 0 Å². The number of carbonyl (C=O) groups is 2. The number of carboxylic acid groups (broad SMARTS) is 1. The average Bonchev–Trinajstić information content (AvgIpc) is 2.72. The Hall–Kier alpha value is -1.26. The highest BCUT2D eigenvalue weighted by Crippen LogP contribution is 2.23.